The Hall–Kier alpha value is -0.570. The topological polar surface area (TPSA) is 41.1 Å². The molecular formula is C11H18N2O. The lowest BCUT2D eigenvalue weighted by atomic mass is 9.76. The second kappa shape index (κ2) is 3.23. The predicted molar refractivity (Wildman–Crippen MR) is 53.8 cm³/mol. The summed E-state index contributed by atoms with van der Waals surface area (Å²) in [5.74, 6) is 1.67. The average Bonchev–Trinajstić information content (AvgIpc) is 2.59. The van der Waals surface area contributed by atoms with Crippen LogP contribution in [0.15, 0.2) is 0 Å². The first kappa shape index (κ1) is 8.72. The summed E-state index contributed by atoms with van der Waals surface area (Å²) >= 11 is 0. The zero-order chi connectivity index (χ0) is 9.54. The Morgan fingerprint density at radius 2 is 1.93 bits per heavy atom. The third-order valence-corrected chi connectivity index (χ3v) is 4.25. The fraction of sp³-hybridized carbons (Fsp3) is 0.909. The molecule has 3 aliphatic rings. The van der Waals surface area contributed by atoms with Gasteiger partial charge in [0, 0.05) is 12.6 Å². The Morgan fingerprint density at radius 3 is 2.86 bits per heavy atom. The summed E-state index contributed by atoms with van der Waals surface area (Å²) in [5, 5.41) is 6.49. The van der Waals surface area contributed by atoms with Crippen LogP contribution in [-0.4, -0.2) is 24.5 Å². The zero-order valence-electron chi connectivity index (χ0n) is 8.46. The minimum atomic E-state index is 0.136. The summed E-state index contributed by atoms with van der Waals surface area (Å²) in [7, 11) is 0. The van der Waals surface area contributed by atoms with Crippen LogP contribution in [0.5, 0.6) is 0 Å². The molecule has 1 aliphatic carbocycles. The molecule has 2 N–H and O–H groups in total. The van der Waals surface area contributed by atoms with Crippen molar-refractivity contribution >= 4 is 5.91 Å². The van der Waals surface area contributed by atoms with Crippen LogP contribution in [0.2, 0.25) is 0 Å². The molecule has 3 nitrogen and oxygen atoms in total. The van der Waals surface area contributed by atoms with E-state index in [0.717, 1.165) is 12.5 Å². The van der Waals surface area contributed by atoms with Gasteiger partial charge in [-0.15, -0.1) is 0 Å². The van der Waals surface area contributed by atoms with Gasteiger partial charge >= 0.3 is 0 Å². The molecule has 1 saturated carbocycles. The van der Waals surface area contributed by atoms with Gasteiger partial charge in [-0.2, -0.15) is 0 Å². The summed E-state index contributed by atoms with van der Waals surface area (Å²) < 4.78 is 0. The number of amides is 1. The molecule has 3 heteroatoms. The van der Waals surface area contributed by atoms with Crippen molar-refractivity contribution in [2.45, 2.75) is 44.2 Å². The molecule has 2 saturated heterocycles. The minimum Gasteiger partial charge on any atom is -0.355 e. The van der Waals surface area contributed by atoms with Crippen molar-refractivity contribution in [3.8, 4) is 0 Å². The first-order valence-electron chi connectivity index (χ1n) is 5.90. The molecule has 0 spiro atoms. The monoisotopic (exact) mass is 194 g/mol. The van der Waals surface area contributed by atoms with Crippen LogP contribution in [0, 0.1) is 11.8 Å². The molecule has 0 bridgehead atoms. The van der Waals surface area contributed by atoms with Gasteiger partial charge in [-0.3, -0.25) is 4.79 Å². The van der Waals surface area contributed by atoms with Crippen LogP contribution >= 0.6 is 0 Å². The second-order valence-electron chi connectivity index (χ2n) is 4.94. The maximum atomic E-state index is 11.6. The van der Waals surface area contributed by atoms with Crippen molar-refractivity contribution in [2.24, 2.45) is 11.8 Å². The Morgan fingerprint density at radius 1 is 1.07 bits per heavy atom. The van der Waals surface area contributed by atoms with Gasteiger partial charge in [-0.25, -0.2) is 0 Å². The summed E-state index contributed by atoms with van der Waals surface area (Å²) in [6, 6.07) is 0.777. The molecule has 2 aliphatic heterocycles. The van der Waals surface area contributed by atoms with E-state index >= 15 is 0 Å². The lowest BCUT2D eigenvalue weighted by Crippen LogP contribution is -2.49. The fourth-order valence-electron chi connectivity index (χ4n) is 3.60. The smallest absolute Gasteiger partial charge is 0.237 e. The lowest BCUT2D eigenvalue weighted by Gasteiger charge is -2.30. The van der Waals surface area contributed by atoms with Gasteiger partial charge < -0.3 is 10.6 Å². The standard InChI is InChI=1S/C11H18N2O/c14-11-10-8(5-6-12-11)7-3-1-2-4-9(7)13-10/h7-10,13H,1-6H2,(H,12,14)/t7-,8-,9-,10+/m0/s1. The highest BCUT2D eigenvalue weighted by atomic mass is 16.2. The second-order valence-corrected chi connectivity index (χ2v) is 4.94. The van der Waals surface area contributed by atoms with E-state index in [1.165, 1.54) is 32.1 Å². The highest BCUT2D eigenvalue weighted by Gasteiger charge is 2.47. The van der Waals surface area contributed by atoms with Crippen LogP contribution in [-0.2, 0) is 4.79 Å². The third-order valence-electron chi connectivity index (χ3n) is 4.25. The molecule has 0 unspecified atom stereocenters. The Bertz CT molecular complexity index is 254. The van der Waals surface area contributed by atoms with Gasteiger partial charge in [0.1, 0.15) is 0 Å². The van der Waals surface area contributed by atoms with Crippen LogP contribution in [0.25, 0.3) is 0 Å². The van der Waals surface area contributed by atoms with Gasteiger partial charge in [0.25, 0.3) is 0 Å². The highest BCUT2D eigenvalue weighted by molar-refractivity contribution is 5.83. The summed E-state index contributed by atoms with van der Waals surface area (Å²) in [4.78, 5) is 11.6. The van der Waals surface area contributed by atoms with Crippen LogP contribution < -0.4 is 10.6 Å². The first-order valence-corrected chi connectivity index (χ1v) is 5.90. The molecule has 0 aromatic rings. The highest BCUT2D eigenvalue weighted by Crippen LogP contribution is 2.40. The number of nitrogens with one attached hydrogen (secondary N) is 2. The number of hydrogen-bond donors (Lipinski definition) is 2. The first-order chi connectivity index (χ1) is 6.86. The van der Waals surface area contributed by atoms with Crippen LogP contribution in [0.1, 0.15) is 32.1 Å². The van der Waals surface area contributed by atoms with Crippen molar-refractivity contribution in [3.63, 3.8) is 0 Å². The van der Waals surface area contributed by atoms with Crippen molar-refractivity contribution in [1.29, 1.82) is 0 Å². The molecule has 0 aromatic heterocycles. The summed E-state index contributed by atoms with van der Waals surface area (Å²) in [6.45, 7) is 0.894. The van der Waals surface area contributed by atoms with E-state index in [9.17, 15) is 4.79 Å². The largest absolute Gasteiger partial charge is 0.355 e. The average molecular weight is 194 g/mol. The minimum absolute atomic E-state index is 0.136. The predicted octanol–water partition coefficient (Wildman–Crippen LogP) is 0.653. The summed E-state index contributed by atoms with van der Waals surface area (Å²) in [5.41, 5.74) is 0. The van der Waals surface area contributed by atoms with Gasteiger partial charge in [0.2, 0.25) is 5.91 Å². The quantitative estimate of drug-likeness (QED) is 0.594. The summed E-state index contributed by atoms with van der Waals surface area (Å²) in [6.07, 6.45) is 6.52. The molecule has 0 radical (unpaired) electrons. The fourth-order valence-corrected chi connectivity index (χ4v) is 3.60. The van der Waals surface area contributed by atoms with E-state index in [1.807, 2.05) is 0 Å². The van der Waals surface area contributed by atoms with Crippen LogP contribution in [0.3, 0.4) is 0 Å². The molecule has 4 atom stereocenters. The van der Waals surface area contributed by atoms with Crippen molar-refractivity contribution in [1.82, 2.24) is 10.6 Å². The number of hydrogen-bond acceptors (Lipinski definition) is 2. The molecule has 1 amide bonds. The number of carbonyl (C=O) groups is 1. The van der Waals surface area contributed by atoms with Crippen LogP contribution in [0.4, 0.5) is 0 Å². The molecule has 2 heterocycles. The Balaban J connectivity index is 1.82. The van der Waals surface area contributed by atoms with Crippen molar-refractivity contribution in [3.05, 3.63) is 0 Å². The molecular weight excluding hydrogens is 176 g/mol. The van der Waals surface area contributed by atoms with E-state index < -0.39 is 0 Å². The number of fused-ring (bicyclic) bond motifs is 3. The van der Waals surface area contributed by atoms with Crippen molar-refractivity contribution < 1.29 is 4.79 Å². The van der Waals surface area contributed by atoms with E-state index in [4.69, 9.17) is 0 Å². The van der Waals surface area contributed by atoms with Gasteiger partial charge in [-0.1, -0.05) is 12.8 Å². The number of piperidine rings is 1. The Kier molecular flexibility index (Phi) is 2.01. The molecule has 78 valence electrons. The third kappa shape index (κ3) is 1.18. The van der Waals surface area contributed by atoms with Crippen molar-refractivity contribution in [2.75, 3.05) is 6.54 Å². The van der Waals surface area contributed by atoms with E-state index in [2.05, 4.69) is 10.6 Å². The molecule has 14 heavy (non-hydrogen) atoms. The normalized spacial score (nSPS) is 46.7. The SMILES string of the molecule is O=C1NCC[C@H]2[C@@H]3CCCC[C@@H]3N[C@@H]12. The maximum absolute atomic E-state index is 11.6. The number of rotatable bonds is 0. The van der Waals surface area contributed by atoms with Gasteiger partial charge in [-0.05, 0) is 31.1 Å². The van der Waals surface area contributed by atoms with Gasteiger partial charge in [0.05, 0.1) is 6.04 Å². The van der Waals surface area contributed by atoms with E-state index in [1.54, 1.807) is 0 Å². The zero-order valence-corrected chi connectivity index (χ0v) is 8.46. The van der Waals surface area contributed by atoms with Gasteiger partial charge in [0.15, 0.2) is 0 Å². The number of carbonyl (C=O) groups excluding carboxylic acids is 1. The Labute approximate surface area is 84.6 Å². The lowest BCUT2D eigenvalue weighted by molar-refractivity contribution is -0.125. The van der Waals surface area contributed by atoms with E-state index in [0.29, 0.717) is 12.0 Å². The maximum Gasteiger partial charge on any atom is 0.237 e. The van der Waals surface area contributed by atoms with E-state index in [-0.39, 0.29) is 11.9 Å². The molecule has 3 fully saturated rings. The molecule has 0 aromatic carbocycles. The molecule has 3 rings (SSSR count).